The summed E-state index contributed by atoms with van der Waals surface area (Å²) < 4.78 is 1.98. The van der Waals surface area contributed by atoms with E-state index in [0.29, 0.717) is 0 Å². The maximum absolute atomic E-state index is 10.8. The highest BCUT2D eigenvalue weighted by atomic mass is 16.3. The van der Waals surface area contributed by atoms with E-state index in [1.807, 2.05) is 16.9 Å². The standard InChI is InChI=1S/C14H24N2O/c1-3-11-16-13(7-10-15-16)14(17)8-5-12(4-2)6-9-14/h7,10,12,17H,3-6,8-9,11H2,1-2H3. The molecule has 0 amide bonds. The van der Waals surface area contributed by atoms with Crippen LogP contribution in [0.3, 0.4) is 0 Å². The van der Waals surface area contributed by atoms with E-state index in [4.69, 9.17) is 0 Å². The maximum Gasteiger partial charge on any atom is 0.106 e. The first kappa shape index (κ1) is 12.6. The number of aromatic nitrogens is 2. The molecule has 3 nitrogen and oxygen atoms in total. The van der Waals surface area contributed by atoms with Crippen molar-refractivity contribution in [1.29, 1.82) is 0 Å². The van der Waals surface area contributed by atoms with Crippen LogP contribution in [0.25, 0.3) is 0 Å². The second kappa shape index (κ2) is 5.21. The van der Waals surface area contributed by atoms with E-state index in [-0.39, 0.29) is 0 Å². The monoisotopic (exact) mass is 236 g/mol. The van der Waals surface area contributed by atoms with Crippen molar-refractivity contribution in [3.8, 4) is 0 Å². The van der Waals surface area contributed by atoms with Gasteiger partial charge < -0.3 is 5.11 Å². The van der Waals surface area contributed by atoms with Gasteiger partial charge in [0.25, 0.3) is 0 Å². The molecular weight excluding hydrogens is 212 g/mol. The van der Waals surface area contributed by atoms with Crippen LogP contribution in [0.15, 0.2) is 12.3 Å². The summed E-state index contributed by atoms with van der Waals surface area (Å²) in [4.78, 5) is 0. The van der Waals surface area contributed by atoms with Crippen LogP contribution in [0.1, 0.15) is 58.1 Å². The van der Waals surface area contributed by atoms with Gasteiger partial charge in [-0.05, 0) is 44.1 Å². The molecule has 0 aromatic carbocycles. The Morgan fingerprint density at radius 2 is 2.12 bits per heavy atom. The van der Waals surface area contributed by atoms with Gasteiger partial charge in [-0.3, -0.25) is 4.68 Å². The lowest BCUT2D eigenvalue weighted by Crippen LogP contribution is -2.34. The molecule has 0 bridgehead atoms. The predicted molar refractivity (Wildman–Crippen MR) is 68.7 cm³/mol. The topological polar surface area (TPSA) is 38.0 Å². The molecule has 0 atom stereocenters. The summed E-state index contributed by atoms with van der Waals surface area (Å²) in [6.45, 7) is 5.29. The fourth-order valence-electron chi connectivity index (χ4n) is 2.94. The molecule has 17 heavy (non-hydrogen) atoms. The Balaban J connectivity index is 2.12. The average molecular weight is 236 g/mol. The Morgan fingerprint density at radius 1 is 1.41 bits per heavy atom. The Bertz CT molecular complexity index is 351. The van der Waals surface area contributed by atoms with Gasteiger partial charge in [-0.2, -0.15) is 5.10 Å². The zero-order valence-corrected chi connectivity index (χ0v) is 11.0. The number of hydrogen-bond acceptors (Lipinski definition) is 2. The summed E-state index contributed by atoms with van der Waals surface area (Å²) in [6.07, 6.45) is 8.18. The SMILES string of the molecule is CCCn1nccc1C1(O)CCC(CC)CC1. The number of rotatable bonds is 4. The minimum atomic E-state index is -0.628. The van der Waals surface area contributed by atoms with Crippen molar-refractivity contribution < 1.29 is 5.11 Å². The second-order valence-corrected chi connectivity index (χ2v) is 5.32. The van der Waals surface area contributed by atoms with Crippen molar-refractivity contribution in [3.63, 3.8) is 0 Å². The molecule has 3 heteroatoms. The molecule has 1 aliphatic carbocycles. The van der Waals surface area contributed by atoms with E-state index in [2.05, 4.69) is 18.9 Å². The first-order valence-corrected chi connectivity index (χ1v) is 6.94. The minimum absolute atomic E-state index is 0.628. The average Bonchev–Trinajstić information content (AvgIpc) is 2.80. The molecule has 1 N–H and O–H groups in total. The smallest absolute Gasteiger partial charge is 0.106 e. The van der Waals surface area contributed by atoms with Gasteiger partial charge in [-0.25, -0.2) is 0 Å². The van der Waals surface area contributed by atoms with Crippen molar-refractivity contribution in [2.45, 2.75) is 64.5 Å². The van der Waals surface area contributed by atoms with Gasteiger partial charge in [0, 0.05) is 12.7 Å². The molecule has 2 rings (SSSR count). The van der Waals surface area contributed by atoms with Crippen molar-refractivity contribution in [1.82, 2.24) is 9.78 Å². The van der Waals surface area contributed by atoms with Crippen LogP contribution < -0.4 is 0 Å². The molecule has 96 valence electrons. The predicted octanol–water partition coefficient (Wildman–Crippen LogP) is 3.08. The summed E-state index contributed by atoms with van der Waals surface area (Å²) in [6, 6.07) is 1.99. The summed E-state index contributed by atoms with van der Waals surface area (Å²) in [7, 11) is 0. The van der Waals surface area contributed by atoms with Gasteiger partial charge >= 0.3 is 0 Å². The summed E-state index contributed by atoms with van der Waals surface area (Å²) in [5, 5.41) is 15.1. The van der Waals surface area contributed by atoms with Gasteiger partial charge in [0.2, 0.25) is 0 Å². The van der Waals surface area contributed by atoms with E-state index in [1.165, 1.54) is 6.42 Å². The van der Waals surface area contributed by atoms with E-state index < -0.39 is 5.60 Å². The van der Waals surface area contributed by atoms with Crippen LogP contribution >= 0.6 is 0 Å². The van der Waals surface area contributed by atoms with E-state index in [9.17, 15) is 5.11 Å². The summed E-state index contributed by atoms with van der Waals surface area (Å²) >= 11 is 0. The molecule has 0 saturated heterocycles. The molecule has 1 aliphatic rings. The number of aryl methyl sites for hydroxylation is 1. The molecule has 0 spiro atoms. The quantitative estimate of drug-likeness (QED) is 0.872. The van der Waals surface area contributed by atoms with E-state index in [1.54, 1.807) is 0 Å². The highest BCUT2D eigenvalue weighted by Crippen LogP contribution is 2.40. The zero-order chi connectivity index (χ0) is 12.3. The van der Waals surface area contributed by atoms with Crippen molar-refractivity contribution >= 4 is 0 Å². The van der Waals surface area contributed by atoms with E-state index in [0.717, 1.165) is 50.3 Å². The molecule has 0 radical (unpaired) electrons. The Hall–Kier alpha value is -0.830. The van der Waals surface area contributed by atoms with Gasteiger partial charge in [0.1, 0.15) is 5.60 Å². The normalized spacial score (nSPS) is 29.5. The van der Waals surface area contributed by atoms with Crippen LogP contribution in [0.4, 0.5) is 0 Å². The fraction of sp³-hybridized carbons (Fsp3) is 0.786. The molecule has 1 fully saturated rings. The largest absolute Gasteiger partial charge is 0.384 e. The number of aliphatic hydroxyl groups is 1. The molecule has 1 saturated carbocycles. The van der Waals surface area contributed by atoms with Crippen LogP contribution in [0.5, 0.6) is 0 Å². The Morgan fingerprint density at radius 3 is 2.71 bits per heavy atom. The van der Waals surface area contributed by atoms with Gasteiger partial charge in [-0.15, -0.1) is 0 Å². The molecular formula is C14H24N2O. The third-order valence-electron chi connectivity index (χ3n) is 4.14. The van der Waals surface area contributed by atoms with Crippen LogP contribution in [-0.4, -0.2) is 14.9 Å². The third-order valence-corrected chi connectivity index (χ3v) is 4.14. The fourth-order valence-corrected chi connectivity index (χ4v) is 2.94. The van der Waals surface area contributed by atoms with Crippen LogP contribution in [-0.2, 0) is 12.1 Å². The molecule has 0 aliphatic heterocycles. The third kappa shape index (κ3) is 2.54. The second-order valence-electron chi connectivity index (χ2n) is 5.32. The first-order chi connectivity index (χ1) is 8.19. The first-order valence-electron chi connectivity index (χ1n) is 6.94. The van der Waals surface area contributed by atoms with E-state index >= 15 is 0 Å². The van der Waals surface area contributed by atoms with Gasteiger partial charge in [-0.1, -0.05) is 20.3 Å². The molecule has 1 aromatic rings. The molecule has 0 unspecified atom stereocenters. The maximum atomic E-state index is 10.8. The van der Waals surface area contributed by atoms with Crippen LogP contribution in [0, 0.1) is 5.92 Å². The van der Waals surface area contributed by atoms with Crippen molar-refractivity contribution in [3.05, 3.63) is 18.0 Å². The van der Waals surface area contributed by atoms with Crippen molar-refractivity contribution in [2.24, 2.45) is 5.92 Å². The summed E-state index contributed by atoms with van der Waals surface area (Å²) in [5.74, 6) is 0.804. The summed E-state index contributed by atoms with van der Waals surface area (Å²) in [5.41, 5.74) is 0.394. The number of nitrogens with zero attached hydrogens (tertiary/aromatic N) is 2. The van der Waals surface area contributed by atoms with Gasteiger partial charge in [0.05, 0.1) is 5.69 Å². The minimum Gasteiger partial charge on any atom is -0.384 e. The highest BCUT2D eigenvalue weighted by molar-refractivity contribution is 5.13. The lowest BCUT2D eigenvalue weighted by atomic mass is 9.76. The van der Waals surface area contributed by atoms with Crippen molar-refractivity contribution in [2.75, 3.05) is 0 Å². The number of hydrogen-bond donors (Lipinski definition) is 1. The lowest BCUT2D eigenvalue weighted by molar-refractivity contribution is -0.0221. The Labute approximate surface area is 104 Å². The highest BCUT2D eigenvalue weighted by Gasteiger charge is 2.36. The van der Waals surface area contributed by atoms with Crippen LogP contribution in [0.2, 0.25) is 0 Å². The lowest BCUT2D eigenvalue weighted by Gasteiger charge is -2.36. The van der Waals surface area contributed by atoms with Gasteiger partial charge in [0.15, 0.2) is 0 Å². The Kier molecular flexibility index (Phi) is 3.87. The molecule has 1 heterocycles. The molecule has 1 aromatic heterocycles. The zero-order valence-electron chi connectivity index (χ0n) is 11.0.